The monoisotopic (exact) mass is 523 g/mol. The van der Waals surface area contributed by atoms with Crippen molar-refractivity contribution in [3.05, 3.63) is 16.1 Å². The van der Waals surface area contributed by atoms with E-state index in [1.54, 1.807) is 25.5 Å². The van der Waals surface area contributed by atoms with Gasteiger partial charge in [-0.3, -0.25) is 9.79 Å². The summed E-state index contributed by atoms with van der Waals surface area (Å²) in [6.45, 7) is 3.92. The van der Waals surface area contributed by atoms with Gasteiger partial charge in [0.1, 0.15) is 11.1 Å². The van der Waals surface area contributed by atoms with E-state index >= 15 is 0 Å². The Hall–Kier alpha value is -0.940. The van der Waals surface area contributed by atoms with Crippen molar-refractivity contribution in [3.8, 4) is 0 Å². The molecule has 7 nitrogen and oxygen atoms in total. The third-order valence-electron chi connectivity index (χ3n) is 4.93. The van der Waals surface area contributed by atoms with Gasteiger partial charge in [0.05, 0.1) is 12.2 Å². The van der Waals surface area contributed by atoms with Crippen molar-refractivity contribution in [1.29, 1.82) is 0 Å². The summed E-state index contributed by atoms with van der Waals surface area (Å²) < 4.78 is 5.32. The molecule has 0 radical (unpaired) electrons. The molecular weight excluding hydrogens is 489 g/mol. The van der Waals surface area contributed by atoms with Crippen LogP contribution in [0.2, 0.25) is 0 Å². The summed E-state index contributed by atoms with van der Waals surface area (Å²) in [6.07, 6.45) is 5.69. The lowest BCUT2D eigenvalue weighted by atomic mass is 9.89. The van der Waals surface area contributed by atoms with Crippen LogP contribution >= 0.6 is 35.3 Å². The predicted molar refractivity (Wildman–Crippen MR) is 125 cm³/mol. The van der Waals surface area contributed by atoms with Gasteiger partial charge in [-0.2, -0.15) is 0 Å². The van der Waals surface area contributed by atoms with Crippen LogP contribution in [-0.2, 0) is 16.1 Å². The topological polar surface area (TPSA) is 78.9 Å². The molecule has 1 amide bonds. The van der Waals surface area contributed by atoms with Gasteiger partial charge in [0.25, 0.3) is 0 Å². The summed E-state index contributed by atoms with van der Waals surface area (Å²) in [7, 11) is 5.43. The van der Waals surface area contributed by atoms with Gasteiger partial charge in [-0.05, 0) is 19.8 Å². The Morgan fingerprint density at radius 1 is 1.36 bits per heavy atom. The maximum absolute atomic E-state index is 12.2. The molecule has 0 bridgehead atoms. The molecule has 0 aliphatic heterocycles. The van der Waals surface area contributed by atoms with Crippen LogP contribution < -0.4 is 10.6 Å². The SMILES string of the molecule is CN=C(NCCNC(=O)C1CCCCC1)N(C)Cc1csc(C(C)OC)n1.I. The van der Waals surface area contributed by atoms with Crippen molar-refractivity contribution >= 4 is 47.2 Å². The first kappa shape index (κ1) is 25.1. The minimum absolute atomic E-state index is 0. The Morgan fingerprint density at radius 2 is 2.04 bits per heavy atom. The molecule has 1 heterocycles. The quantitative estimate of drug-likeness (QED) is 0.237. The zero-order valence-corrected chi connectivity index (χ0v) is 20.5. The molecule has 1 fully saturated rings. The molecule has 1 aliphatic rings. The van der Waals surface area contributed by atoms with Crippen LogP contribution in [0.1, 0.15) is 55.8 Å². The number of guanidine groups is 1. The number of aliphatic imine (C=N–C) groups is 1. The van der Waals surface area contributed by atoms with E-state index in [1.807, 2.05) is 18.9 Å². The van der Waals surface area contributed by atoms with Crippen LogP contribution in [-0.4, -0.2) is 56.0 Å². The molecule has 28 heavy (non-hydrogen) atoms. The number of hydrogen-bond donors (Lipinski definition) is 2. The highest BCUT2D eigenvalue weighted by atomic mass is 127. The van der Waals surface area contributed by atoms with Crippen molar-refractivity contribution in [3.63, 3.8) is 0 Å². The van der Waals surface area contributed by atoms with Gasteiger partial charge in [0, 0.05) is 45.6 Å². The van der Waals surface area contributed by atoms with Crippen LogP contribution in [0.3, 0.4) is 0 Å². The van der Waals surface area contributed by atoms with E-state index in [4.69, 9.17) is 4.74 Å². The number of amides is 1. The first-order chi connectivity index (χ1) is 13.0. The third-order valence-corrected chi connectivity index (χ3v) is 5.98. The second kappa shape index (κ2) is 13.3. The number of halogens is 1. The Labute approximate surface area is 189 Å². The Kier molecular flexibility index (Phi) is 11.9. The summed E-state index contributed by atoms with van der Waals surface area (Å²) in [6, 6.07) is 0. The molecular formula is C19H34IN5O2S. The second-order valence-corrected chi connectivity index (χ2v) is 7.90. The molecule has 1 atom stereocenters. The zero-order valence-electron chi connectivity index (χ0n) is 17.4. The molecule has 9 heteroatoms. The van der Waals surface area contributed by atoms with E-state index in [-0.39, 0.29) is 41.9 Å². The second-order valence-electron chi connectivity index (χ2n) is 7.01. The van der Waals surface area contributed by atoms with Gasteiger partial charge < -0.3 is 20.3 Å². The highest BCUT2D eigenvalue weighted by Gasteiger charge is 2.20. The lowest BCUT2D eigenvalue weighted by Crippen LogP contribution is -2.43. The molecule has 1 aromatic heterocycles. The smallest absolute Gasteiger partial charge is 0.223 e. The minimum atomic E-state index is 0. The summed E-state index contributed by atoms with van der Waals surface area (Å²) in [4.78, 5) is 23.1. The normalized spacial score (nSPS) is 16.2. The molecule has 2 N–H and O–H groups in total. The van der Waals surface area contributed by atoms with Gasteiger partial charge in [-0.15, -0.1) is 35.3 Å². The van der Waals surface area contributed by atoms with E-state index < -0.39 is 0 Å². The third kappa shape index (κ3) is 7.82. The van der Waals surface area contributed by atoms with Crippen LogP contribution in [0.4, 0.5) is 0 Å². The lowest BCUT2D eigenvalue weighted by molar-refractivity contribution is -0.125. The zero-order chi connectivity index (χ0) is 19.6. The van der Waals surface area contributed by atoms with Crippen molar-refractivity contribution in [2.24, 2.45) is 10.9 Å². The fourth-order valence-electron chi connectivity index (χ4n) is 3.25. The number of rotatable bonds is 8. The Morgan fingerprint density at radius 3 is 2.68 bits per heavy atom. The fourth-order valence-corrected chi connectivity index (χ4v) is 4.10. The average Bonchev–Trinajstić information content (AvgIpc) is 3.16. The summed E-state index contributed by atoms with van der Waals surface area (Å²) >= 11 is 1.61. The maximum atomic E-state index is 12.2. The number of nitrogens with one attached hydrogen (secondary N) is 2. The van der Waals surface area contributed by atoms with E-state index in [0.717, 1.165) is 29.5 Å². The largest absolute Gasteiger partial charge is 0.375 e. The molecule has 1 saturated carbocycles. The first-order valence-electron chi connectivity index (χ1n) is 9.71. The van der Waals surface area contributed by atoms with Crippen molar-refractivity contribution in [1.82, 2.24) is 20.5 Å². The molecule has 1 aliphatic carbocycles. The van der Waals surface area contributed by atoms with Crippen LogP contribution in [0, 0.1) is 5.92 Å². The lowest BCUT2D eigenvalue weighted by Gasteiger charge is -2.22. The van der Waals surface area contributed by atoms with E-state index in [1.165, 1.54) is 19.3 Å². The first-order valence-corrected chi connectivity index (χ1v) is 10.6. The van der Waals surface area contributed by atoms with Gasteiger partial charge in [0.2, 0.25) is 5.91 Å². The van der Waals surface area contributed by atoms with Crippen LogP contribution in [0.5, 0.6) is 0 Å². The van der Waals surface area contributed by atoms with Gasteiger partial charge in [-0.25, -0.2) is 4.98 Å². The van der Waals surface area contributed by atoms with Gasteiger partial charge in [0.15, 0.2) is 5.96 Å². The number of hydrogen-bond acceptors (Lipinski definition) is 5. The Balaban J connectivity index is 0.00000392. The molecule has 1 aromatic rings. The Bertz CT molecular complexity index is 619. The van der Waals surface area contributed by atoms with E-state index in [0.29, 0.717) is 19.6 Å². The number of thiazole rings is 1. The van der Waals surface area contributed by atoms with Crippen LogP contribution in [0.25, 0.3) is 0 Å². The van der Waals surface area contributed by atoms with Crippen molar-refractivity contribution in [2.45, 2.75) is 51.7 Å². The number of methoxy groups -OCH3 is 1. The average molecular weight is 523 g/mol. The molecule has 1 unspecified atom stereocenters. The number of carbonyl (C=O) groups excluding carboxylic acids is 1. The summed E-state index contributed by atoms with van der Waals surface area (Å²) in [5.74, 6) is 1.19. The minimum Gasteiger partial charge on any atom is -0.375 e. The highest BCUT2D eigenvalue weighted by Crippen LogP contribution is 2.23. The van der Waals surface area contributed by atoms with Crippen LogP contribution in [0.15, 0.2) is 10.4 Å². The maximum Gasteiger partial charge on any atom is 0.223 e. The number of ether oxygens (including phenoxy) is 1. The van der Waals surface area contributed by atoms with Crippen molar-refractivity contribution < 1.29 is 9.53 Å². The molecule has 0 aromatic carbocycles. The molecule has 160 valence electrons. The summed E-state index contributed by atoms with van der Waals surface area (Å²) in [5.41, 5.74) is 0.995. The molecule has 0 saturated heterocycles. The number of aromatic nitrogens is 1. The van der Waals surface area contributed by atoms with Gasteiger partial charge >= 0.3 is 0 Å². The van der Waals surface area contributed by atoms with E-state index in [9.17, 15) is 4.79 Å². The predicted octanol–water partition coefficient (Wildman–Crippen LogP) is 3.17. The van der Waals surface area contributed by atoms with Gasteiger partial charge in [-0.1, -0.05) is 19.3 Å². The highest BCUT2D eigenvalue weighted by molar-refractivity contribution is 14.0. The molecule has 0 spiro atoms. The number of carbonyl (C=O) groups is 1. The summed E-state index contributed by atoms with van der Waals surface area (Å²) in [5, 5.41) is 9.38. The standard InChI is InChI=1S/C19H33N5O2S.HI/c1-14(26-4)18-23-16(13-27-18)12-24(3)19(20-2)22-11-10-21-17(25)15-8-6-5-7-9-15;/h13-15H,5-12H2,1-4H3,(H,20,22)(H,21,25);1H. The van der Waals surface area contributed by atoms with Crippen molar-refractivity contribution in [2.75, 3.05) is 34.3 Å². The number of nitrogens with zero attached hydrogens (tertiary/aromatic N) is 3. The van der Waals surface area contributed by atoms with E-state index in [2.05, 4.69) is 26.0 Å². The fraction of sp³-hybridized carbons (Fsp3) is 0.737. The molecule has 2 rings (SSSR count).